The first-order chi connectivity index (χ1) is 9.16. The summed E-state index contributed by atoms with van der Waals surface area (Å²) in [5, 5.41) is 2.69. The number of nitrogens with one attached hydrogen (secondary N) is 1. The number of carbonyl (C=O) groups is 2. The lowest BCUT2D eigenvalue weighted by atomic mass is 10.2. The summed E-state index contributed by atoms with van der Waals surface area (Å²) in [4.78, 5) is 26.9. The van der Waals surface area contributed by atoms with Crippen LogP contribution in [0.2, 0.25) is 5.15 Å². The van der Waals surface area contributed by atoms with Gasteiger partial charge in [-0.1, -0.05) is 11.6 Å². The van der Waals surface area contributed by atoms with E-state index in [-0.39, 0.29) is 11.8 Å². The third kappa shape index (κ3) is 3.90. The van der Waals surface area contributed by atoms with Crippen LogP contribution < -0.4 is 5.32 Å². The maximum Gasteiger partial charge on any atom is 0.335 e. The average Bonchev–Trinajstić information content (AvgIpc) is 2.93. The molecule has 2 heterocycles. The Bertz CT molecular complexity index is 475. The number of nitrogens with zero attached hydrogens (tertiary/aromatic N) is 1. The van der Waals surface area contributed by atoms with Crippen LogP contribution in [0.3, 0.4) is 0 Å². The number of ether oxygens (including phenoxy) is 2. The molecular formula is C12H13ClN2O4. The number of pyridine rings is 1. The molecule has 1 unspecified atom stereocenters. The van der Waals surface area contributed by atoms with Crippen LogP contribution in [0.25, 0.3) is 0 Å². The van der Waals surface area contributed by atoms with Crippen LogP contribution in [-0.2, 0) is 19.1 Å². The molecule has 0 aliphatic carbocycles. The van der Waals surface area contributed by atoms with E-state index in [0.717, 1.165) is 6.42 Å². The van der Waals surface area contributed by atoms with Crippen molar-refractivity contribution in [3.05, 3.63) is 23.5 Å². The molecule has 7 heteroatoms. The fraction of sp³-hybridized carbons (Fsp3) is 0.417. The van der Waals surface area contributed by atoms with Gasteiger partial charge in [0.25, 0.3) is 5.91 Å². The Morgan fingerprint density at radius 1 is 1.58 bits per heavy atom. The van der Waals surface area contributed by atoms with Crippen molar-refractivity contribution in [2.45, 2.75) is 18.9 Å². The molecule has 1 N–H and O–H groups in total. The Labute approximate surface area is 115 Å². The summed E-state index contributed by atoms with van der Waals surface area (Å²) in [5.74, 6) is -0.980. The zero-order valence-corrected chi connectivity index (χ0v) is 10.9. The molecule has 1 amide bonds. The summed E-state index contributed by atoms with van der Waals surface area (Å²) < 4.78 is 10.0. The third-order valence-electron chi connectivity index (χ3n) is 2.57. The van der Waals surface area contributed by atoms with Crippen molar-refractivity contribution in [2.75, 3.05) is 18.5 Å². The van der Waals surface area contributed by atoms with Gasteiger partial charge in [-0.15, -0.1) is 0 Å². The van der Waals surface area contributed by atoms with E-state index in [1.165, 1.54) is 6.20 Å². The quantitative estimate of drug-likeness (QED) is 0.668. The van der Waals surface area contributed by atoms with Crippen LogP contribution >= 0.6 is 11.6 Å². The van der Waals surface area contributed by atoms with E-state index in [1.54, 1.807) is 12.1 Å². The lowest BCUT2D eigenvalue weighted by molar-refractivity contribution is -0.156. The number of hydrogen-bond donors (Lipinski definition) is 1. The molecule has 1 atom stereocenters. The van der Waals surface area contributed by atoms with Crippen molar-refractivity contribution < 1.29 is 19.1 Å². The number of hydrogen-bond acceptors (Lipinski definition) is 5. The largest absolute Gasteiger partial charge is 0.454 e. The maximum atomic E-state index is 11.6. The third-order valence-corrected chi connectivity index (χ3v) is 2.87. The topological polar surface area (TPSA) is 77.5 Å². The van der Waals surface area contributed by atoms with E-state index in [1.807, 2.05) is 0 Å². The van der Waals surface area contributed by atoms with Crippen molar-refractivity contribution >= 4 is 29.2 Å². The summed E-state index contributed by atoms with van der Waals surface area (Å²) in [6.07, 6.45) is 2.43. The Kier molecular flexibility index (Phi) is 4.70. The van der Waals surface area contributed by atoms with E-state index in [9.17, 15) is 9.59 Å². The monoisotopic (exact) mass is 284 g/mol. The van der Waals surface area contributed by atoms with Gasteiger partial charge < -0.3 is 14.8 Å². The van der Waals surface area contributed by atoms with Crippen molar-refractivity contribution in [3.8, 4) is 0 Å². The van der Waals surface area contributed by atoms with Crippen LogP contribution in [0.1, 0.15) is 12.8 Å². The molecular weight excluding hydrogens is 272 g/mol. The maximum absolute atomic E-state index is 11.6. The second kappa shape index (κ2) is 6.49. The second-order valence-electron chi connectivity index (χ2n) is 4.00. The highest BCUT2D eigenvalue weighted by atomic mass is 35.5. The van der Waals surface area contributed by atoms with Crippen LogP contribution in [0.15, 0.2) is 18.3 Å². The predicted molar refractivity (Wildman–Crippen MR) is 67.8 cm³/mol. The first kappa shape index (κ1) is 13.8. The number of carbonyl (C=O) groups excluding carboxylic acids is 2. The van der Waals surface area contributed by atoms with Crippen molar-refractivity contribution in [1.29, 1.82) is 0 Å². The molecule has 1 aromatic rings. The zero-order chi connectivity index (χ0) is 13.7. The number of esters is 1. The molecule has 1 aliphatic rings. The highest BCUT2D eigenvalue weighted by Crippen LogP contribution is 2.17. The van der Waals surface area contributed by atoms with Gasteiger partial charge in [0.15, 0.2) is 17.9 Å². The van der Waals surface area contributed by atoms with Crippen molar-refractivity contribution in [2.24, 2.45) is 0 Å². The standard InChI is InChI=1S/C12H13ClN2O4/c13-11-8(3-1-5-14-11)15-10(16)7-19-12(17)9-4-2-6-18-9/h1,3,5,9H,2,4,6-7H2,(H,15,16). The van der Waals surface area contributed by atoms with Gasteiger partial charge >= 0.3 is 5.97 Å². The molecule has 6 nitrogen and oxygen atoms in total. The summed E-state index contributed by atoms with van der Waals surface area (Å²) in [6, 6.07) is 3.25. The Morgan fingerprint density at radius 2 is 2.42 bits per heavy atom. The number of anilines is 1. The summed E-state index contributed by atoms with van der Waals surface area (Å²) in [5.41, 5.74) is 0.377. The van der Waals surface area contributed by atoms with Crippen LogP contribution in [-0.4, -0.2) is 36.2 Å². The normalized spacial score (nSPS) is 18.1. The Balaban J connectivity index is 1.78. The lowest BCUT2D eigenvalue weighted by Crippen LogP contribution is -2.27. The highest BCUT2D eigenvalue weighted by molar-refractivity contribution is 6.32. The number of amides is 1. The molecule has 1 fully saturated rings. The van der Waals surface area contributed by atoms with Gasteiger partial charge in [-0.3, -0.25) is 4.79 Å². The van der Waals surface area contributed by atoms with Gasteiger partial charge in [0, 0.05) is 12.8 Å². The smallest absolute Gasteiger partial charge is 0.335 e. The molecule has 0 spiro atoms. The Morgan fingerprint density at radius 3 is 3.11 bits per heavy atom. The van der Waals surface area contributed by atoms with Crippen molar-refractivity contribution in [3.63, 3.8) is 0 Å². The molecule has 0 saturated carbocycles. The fourth-order valence-electron chi connectivity index (χ4n) is 1.66. The van der Waals surface area contributed by atoms with Gasteiger partial charge in [0.2, 0.25) is 0 Å². The van der Waals surface area contributed by atoms with Crippen LogP contribution in [0, 0.1) is 0 Å². The van der Waals surface area contributed by atoms with E-state index in [2.05, 4.69) is 10.3 Å². The number of rotatable bonds is 4. The molecule has 1 aliphatic heterocycles. The number of aromatic nitrogens is 1. The second-order valence-corrected chi connectivity index (χ2v) is 4.36. The van der Waals surface area contributed by atoms with E-state index < -0.39 is 18.0 Å². The van der Waals surface area contributed by atoms with E-state index >= 15 is 0 Å². The van der Waals surface area contributed by atoms with Crippen LogP contribution in [0.5, 0.6) is 0 Å². The Hall–Kier alpha value is -1.66. The van der Waals surface area contributed by atoms with Gasteiger partial charge in [0.1, 0.15) is 0 Å². The average molecular weight is 285 g/mol. The molecule has 19 heavy (non-hydrogen) atoms. The van der Waals surface area contributed by atoms with Crippen LogP contribution in [0.4, 0.5) is 5.69 Å². The first-order valence-corrected chi connectivity index (χ1v) is 6.23. The molecule has 0 aromatic carbocycles. The molecule has 1 aromatic heterocycles. The fourth-order valence-corrected chi connectivity index (χ4v) is 1.83. The molecule has 0 bridgehead atoms. The van der Waals surface area contributed by atoms with Gasteiger partial charge in [0.05, 0.1) is 5.69 Å². The first-order valence-electron chi connectivity index (χ1n) is 5.85. The van der Waals surface area contributed by atoms with Gasteiger partial charge in [-0.25, -0.2) is 9.78 Å². The molecule has 2 rings (SSSR count). The summed E-state index contributed by atoms with van der Waals surface area (Å²) in [7, 11) is 0. The molecule has 0 radical (unpaired) electrons. The van der Waals surface area contributed by atoms with Gasteiger partial charge in [-0.2, -0.15) is 0 Å². The highest BCUT2D eigenvalue weighted by Gasteiger charge is 2.25. The number of halogens is 1. The zero-order valence-electron chi connectivity index (χ0n) is 10.1. The predicted octanol–water partition coefficient (Wildman–Crippen LogP) is 1.40. The van der Waals surface area contributed by atoms with Gasteiger partial charge in [-0.05, 0) is 25.0 Å². The summed E-state index contributed by atoms with van der Waals surface area (Å²) in [6.45, 7) is 0.182. The molecule has 1 saturated heterocycles. The lowest BCUT2D eigenvalue weighted by Gasteiger charge is -2.10. The summed E-state index contributed by atoms with van der Waals surface area (Å²) >= 11 is 5.78. The minimum Gasteiger partial charge on any atom is -0.454 e. The van der Waals surface area contributed by atoms with Crippen molar-refractivity contribution in [1.82, 2.24) is 4.98 Å². The SMILES string of the molecule is O=C(COC(=O)C1CCCO1)Nc1cccnc1Cl. The minimum atomic E-state index is -0.547. The van der Waals surface area contributed by atoms with E-state index in [0.29, 0.717) is 18.7 Å². The molecule has 102 valence electrons. The minimum absolute atomic E-state index is 0.182. The van der Waals surface area contributed by atoms with E-state index in [4.69, 9.17) is 21.1 Å².